The van der Waals surface area contributed by atoms with Crippen LogP contribution in [0.25, 0.3) is 22.3 Å². The van der Waals surface area contributed by atoms with Gasteiger partial charge in [0.05, 0.1) is 36.5 Å². The minimum Gasteiger partial charge on any atom is -0.508 e. The van der Waals surface area contributed by atoms with Crippen molar-refractivity contribution in [3.63, 3.8) is 0 Å². The molecule has 0 saturated carbocycles. The summed E-state index contributed by atoms with van der Waals surface area (Å²) in [6.45, 7) is -0.522. The van der Waals surface area contributed by atoms with Gasteiger partial charge in [0.15, 0.2) is 6.29 Å². The zero-order chi connectivity index (χ0) is 51.9. The van der Waals surface area contributed by atoms with Gasteiger partial charge in [-0.15, -0.1) is 0 Å². The second-order valence-electron chi connectivity index (χ2n) is 17.6. The number of phenols is 2. The predicted molar refractivity (Wildman–Crippen MR) is 233 cm³/mol. The molecule has 4 saturated heterocycles. The topological polar surface area (TPSA) is 415 Å². The Kier molecular flexibility index (Phi) is 16.3. The highest BCUT2D eigenvalue weighted by Gasteiger charge is 2.50. The summed E-state index contributed by atoms with van der Waals surface area (Å²) in [4.78, 5) is 13.0. The van der Waals surface area contributed by atoms with E-state index in [1.54, 1.807) is 0 Å². The maximum absolute atomic E-state index is 13.0. The highest BCUT2D eigenvalue weighted by molar-refractivity contribution is 5.90. The lowest BCUT2D eigenvalue weighted by molar-refractivity contribution is -0.318. The van der Waals surface area contributed by atoms with Crippen molar-refractivity contribution in [1.82, 2.24) is 0 Å². The van der Waals surface area contributed by atoms with E-state index in [9.17, 15) is 81.4 Å². The summed E-state index contributed by atoms with van der Waals surface area (Å²) < 4.78 is 56.8. The number of aliphatic hydroxyl groups is 13. The number of phenolic OH excluding ortho intramolecular Hbond substituents is 2. The van der Waals surface area contributed by atoms with Gasteiger partial charge in [-0.2, -0.15) is 0 Å². The fourth-order valence-electron chi connectivity index (χ4n) is 8.26. The molecule has 0 aliphatic carbocycles. The smallest absolute Gasteiger partial charge is 0.402 e. The lowest BCUT2D eigenvalue weighted by atomic mass is 9.98. The van der Waals surface area contributed by atoms with Gasteiger partial charge < -0.3 is 119 Å². The van der Waals surface area contributed by atoms with Crippen LogP contribution >= 0.6 is 0 Å². The van der Waals surface area contributed by atoms with Crippen molar-refractivity contribution >= 4 is 16.9 Å². The molecule has 5 heterocycles. The van der Waals surface area contributed by atoms with Gasteiger partial charge >= 0.3 is 17.3 Å². The molecule has 20 atom stereocenters. The average molecular weight is 1020 g/mol. The molecule has 26 heteroatoms. The van der Waals surface area contributed by atoms with Crippen LogP contribution in [0.5, 0.6) is 28.7 Å². The molecule has 0 bridgehead atoms. The predicted octanol–water partition coefficient (Wildman–Crippen LogP) is -3.96. The van der Waals surface area contributed by atoms with E-state index in [0.29, 0.717) is 0 Å². The highest BCUT2D eigenvalue weighted by Crippen LogP contribution is 2.42. The van der Waals surface area contributed by atoms with Gasteiger partial charge in [0, 0.05) is 12.1 Å². The number of ether oxygens (including phenoxy) is 9. The molecule has 0 unspecified atom stereocenters. The Balaban J connectivity index is 0.958. The van der Waals surface area contributed by atoms with Crippen molar-refractivity contribution in [3.8, 4) is 40.1 Å². The van der Waals surface area contributed by atoms with Crippen LogP contribution in [0.4, 0.5) is 0 Å². The number of hydrogen-bond donors (Lipinski definition) is 15. The van der Waals surface area contributed by atoms with Gasteiger partial charge in [0.25, 0.3) is 0 Å². The molecular weight excluding hydrogens is 968 g/mol. The van der Waals surface area contributed by atoms with Crippen molar-refractivity contribution in [2.75, 3.05) is 19.8 Å². The minimum atomic E-state index is -1.91. The van der Waals surface area contributed by atoms with Gasteiger partial charge in [-0.25, -0.2) is 9.21 Å². The summed E-state index contributed by atoms with van der Waals surface area (Å²) in [6.07, 6.45) is -32.6. The van der Waals surface area contributed by atoms with Gasteiger partial charge in [0.2, 0.25) is 24.6 Å². The number of hydrogen-bond acceptors (Lipinski definition) is 25. The van der Waals surface area contributed by atoms with E-state index in [2.05, 4.69) is 0 Å². The fraction of sp³-hybridized carbons (Fsp3) is 0.522. The van der Waals surface area contributed by atoms with Crippen LogP contribution < -0.4 is 14.2 Å². The van der Waals surface area contributed by atoms with Gasteiger partial charge in [0.1, 0.15) is 127 Å². The first-order valence-electron chi connectivity index (χ1n) is 22.5. The molecule has 0 amide bonds. The summed E-state index contributed by atoms with van der Waals surface area (Å²) in [5.74, 6) is -2.11. The van der Waals surface area contributed by atoms with Crippen LogP contribution in [0.15, 0.2) is 71.1 Å². The first-order chi connectivity index (χ1) is 34.2. The van der Waals surface area contributed by atoms with Crippen molar-refractivity contribution in [2.24, 2.45) is 0 Å². The Bertz CT molecular complexity index is 2460. The molecule has 0 spiro atoms. The Morgan fingerprint density at radius 2 is 1.06 bits per heavy atom. The van der Waals surface area contributed by atoms with E-state index in [4.69, 9.17) is 47.0 Å². The Labute approximate surface area is 406 Å². The average Bonchev–Trinajstić information content (AvgIpc) is 3.37. The lowest BCUT2D eigenvalue weighted by Gasteiger charge is -2.42. The summed E-state index contributed by atoms with van der Waals surface area (Å²) in [7, 11) is 0. The van der Waals surface area contributed by atoms with E-state index < -0.39 is 154 Å². The van der Waals surface area contributed by atoms with E-state index in [-0.39, 0.29) is 50.9 Å². The number of fused-ring (bicyclic) bond motifs is 1. The Morgan fingerprint density at radius 3 is 1.65 bits per heavy atom. The van der Waals surface area contributed by atoms with Gasteiger partial charge in [-0.3, -0.25) is 0 Å². The highest BCUT2D eigenvalue weighted by atomic mass is 16.7. The van der Waals surface area contributed by atoms with Crippen LogP contribution in [0.2, 0.25) is 0 Å². The third-order valence-corrected chi connectivity index (χ3v) is 12.6. The summed E-state index contributed by atoms with van der Waals surface area (Å²) >= 11 is 0. The molecule has 4 aliphatic rings. The SMILES string of the molecule is C[C@@H]1O[C@@H](OC[C@H]2O[C@@H](Oc3cc4c(O)cc(O[C@@H]5O[C@H](COC(=O)c6ccc(O[C@@H]7O[C@H](CO)[C@@H](O)[C@H](O)[C@H]7O)cc6)[C@@H](O)[C@H](O)[C@H]5O)cc4[o+]c3-c3ccc(O)cc3)[C@H](O)[C@@H](O)[C@@H]2O)[C@H](O)[C@H](O)[C@H]1O. The van der Waals surface area contributed by atoms with Crippen molar-refractivity contribution < 1.29 is 128 Å². The first-order valence-corrected chi connectivity index (χ1v) is 22.5. The quantitative estimate of drug-likeness (QED) is 0.0423. The second kappa shape index (κ2) is 22.1. The van der Waals surface area contributed by atoms with Crippen LogP contribution in [0.1, 0.15) is 17.3 Å². The molecule has 1 aromatic heterocycles. The standard InChI is InChI=1S/C46H54O26/c1-16-29(50)33(54)37(58)43(65-16)64-15-28-32(53)36(57)40(61)46(72-28)69-25-12-22-23(49)10-21(11-24(22)68-41(25)17-2-6-19(48)7-3-17)67-45-39(60)35(56)31(52)27(71-45)14-63-42(62)18-4-8-20(9-5-18)66-44-38(59)34(55)30(51)26(13-47)70-44/h2-12,16,26-40,43-47,50-61H,13-15H2,1H3,(H-,48,49)/p+1/t16-,26+,27+,28+,29-,30+,31+,32+,33+,34-,35-,36-,37+,38+,39+,40+,43+,44+,45+,46+/m0/s1. The van der Waals surface area contributed by atoms with Crippen LogP contribution in [0, 0.1) is 0 Å². The number of benzene rings is 3. The number of esters is 1. The Morgan fingerprint density at radius 1 is 0.542 bits per heavy atom. The number of aliphatic hydroxyl groups excluding tert-OH is 13. The van der Waals surface area contributed by atoms with Crippen LogP contribution in [0.3, 0.4) is 0 Å². The largest absolute Gasteiger partial charge is 0.508 e. The molecule has 15 N–H and O–H groups in total. The van der Waals surface area contributed by atoms with Crippen LogP contribution in [-0.2, 0) is 28.4 Å². The molecule has 394 valence electrons. The van der Waals surface area contributed by atoms with E-state index >= 15 is 0 Å². The van der Waals surface area contributed by atoms with Gasteiger partial charge in [-0.05, 0) is 55.5 Å². The fourth-order valence-corrected chi connectivity index (χ4v) is 8.26. The summed E-state index contributed by atoms with van der Waals surface area (Å²) in [5.41, 5.74) is 0.100. The van der Waals surface area contributed by atoms with E-state index in [0.717, 1.165) is 6.07 Å². The number of carbonyl (C=O) groups excluding carboxylic acids is 1. The third kappa shape index (κ3) is 11.0. The molecule has 4 fully saturated rings. The normalized spacial score (nSPS) is 37.2. The molecule has 0 radical (unpaired) electrons. The van der Waals surface area contributed by atoms with E-state index in [1.807, 2.05) is 0 Å². The maximum atomic E-state index is 13.0. The van der Waals surface area contributed by atoms with Crippen molar-refractivity contribution in [1.29, 1.82) is 0 Å². The number of aromatic hydroxyl groups is 2. The zero-order valence-electron chi connectivity index (χ0n) is 37.7. The molecule has 3 aromatic carbocycles. The van der Waals surface area contributed by atoms with Gasteiger partial charge in [-0.1, -0.05) is 0 Å². The molecule has 72 heavy (non-hydrogen) atoms. The molecule has 26 nitrogen and oxygen atoms in total. The summed E-state index contributed by atoms with van der Waals surface area (Å²) in [6, 6.07) is 14.2. The molecule has 4 aromatic rings. The maximum Gasteiger partial charge on any atom is 0.402 e. The second-order valence-corrected chi connectivity index (χ2v) is 17.6. The molecule has 4 aliphatic heterocycles. The van der Waals surface area contributed by atoms with Crippen LogP contribution in [-0.4, -0.2) is 225 Å². The number of rotatable bonds is 14. The monoisotopic (exact) mass is 1020 g/mol. The lowest BCUT2D eigenvalue weighted by Crippen LogP contribution is -2.61. The number of carbonyl (C=O) groups is 1. The zero-order valence-corrected chi connectivity index (χ0v) is 37.7. The molecular formula is C46H55O26+. The molecule has 8 rings (SSSR count). The Hall–Kier alpha value is -5.18. The van der Waals surface area contributed by atoms with Crippen molar-refractivity contribution in [3.05, 3.63) is 72.3 Å². The first kappa shape index (κ1) is 53.1. The summed E-state index contributed by atoms with van der Waals surface area (Å²) in [5, 5.41) is 157. The minimum absolute atomic E-state index is 0.0373. The third-order valence-electron chi connectivity index (χ3n) is 12.6. The van der Waals surface area contributed by atoms with Crippen molar-refractivity contribution in [2.45, 2.75) is 130 Å². The van der Waals surface area contributed by atoms with E-state index in [1.165, 1.54) is 67.6 Å².